The largest absolute Gasteiger partial charge is 0.399 e. The van der Waals surface area contributed by atoms with E-state index in [4.69, 9.17) is 5.73 Å². The number of nitrogen functional groups attached to an aromatic ring is 1. The molecule has 0 aliphatic carbocycles. The Hall–Kier alpha value is -1.85. The second-order valence-electron chi connectivity index (χ2n) is 5.01. The van der Waals surface area contributed by atoms with Crippen LogP contribution in [-0.2, 0) is 10.0 Å². The number of hydrogen-bond donors (Lipinski definition) is 2. The van der Waals surface area contributed by atoms with Gasteiger partial charge in [0.1, 0.15) is 0 Å². The third-order valence-corrected chi connectivity index (χ3v) is 4.93. The summed E-state index contributed by atoms with van der Waals surface area (Å²) < 4.78 is 27.7. The van der Waals surface area contributed by atoms with Crippen LogP contribution in [0.25, 0.3) is 0 Å². The molecule has 5 heteroatoms. The highest BCUT2D eigenvalue weighted by atomic mass is 32.2. The Kier molecular flexibility index (Phi) is 4.65. The average Bonchev–Trinajstić information content (AvgIpc) is 2.48. The topological polar surface area (TPSA) is 72.2 Å². The van der Waals surface area contributed by atoms with Crippen molar-refractivity contribution in [3.05, 3.63) is 59.7 Å². The summed E-state index contributed by atoms with van der Waals surface area (Å²) in [7, 11) is -3.56. The fourth-order valence-corrected chi connectivity index (χ4v) is 3.54. The molecular weight excluding hydrogens is 284 g/mol. The SMILES string of the molecule is CCC(NS(=O)(=O)c1ccc(N)c(C)c1)c1ccccc1. The Morgan fingerprint density at radius 2 is 1.81 bits per heavy atom. The molecule has 0 amide bonds. The minimum Gasteiger partial charge on any atom is -0.399 e. The molecule has 0 aliphatic heterocycles. The second kappa shape index (κ2) is 6.28. The van der Waals surface area contributed by atoms with Crippen LogP contribution in [0.15, 0.2) is 53.4 Å². The van der Waals surface area contributed by atoms with E-state index in [-0.39, 0.29) is 10.9 Å². The summed E-state index contributed by atoms with van der Waals surface area (Å²) in [6.45, 7) is 3.75. The second-order valence-corrected chi connectivity index (χ2v) is 6.73. The highest BCUT2D eigenvalue weighted by Crippen LogP contribution is 2.22. The summed E-state index contributed by atoms with van der Waals surface area (Å²) in [4.78, 5) is 0.239. The van der Waals surface area contributed by atoms with E-state index >= 15 is 0 Å². The van der Waals surface area contributed by atoms with E-state index in [9.17, 15) is 8.42 Å². The number of sulfonamides is 1. The standard InChI is InChI=1S/C16H20N2O2S/c1-3-16(13-7-5-4-6-8-13)18-21(19,20)14-9-10-15(17)12(2)11-14/h4-11,16,18H,3,17H2,1-2H3. The van der Waals surface area contributed by atoms with Gasteiger partial charge in [0.05, 0.1) is 4.90 Å². The van der Waals surface area contributed by atoms with E-state index in [0.717, 1.165) is 11.1 Å². The molecule has 1 atom stereocenters. The van der Waals surface area contributed by atoms with Crippen molar-refractivity contribution in [3.63, 3.8) is 0 Å². The summed E-state index contributed by atoms with van der Waals surface area (Å²) >= 11 is 0. The van der Waals surface area contributed by atoms with Crippen LogP contribution in [-0.4, -0.2) is 8.42 Å². The highest BCUT2D eigenvalue weighted by molar-refractivity contribution is 7.89. The number of aryl methyl sites for hydroxylation is 1. The van der Waals surface area contributed by atoms with Crippen molar-refractivity contribution in [1.82, 2.24) is 4.72 Å². The molecule has 2 aromatic carbocycles. The number of nitrogens with one attached hydrogen (secondary N) is 1. The summed E-state index contributed by atoms with van der Waals surface area (Å²) in [5.74, 6) is 0. The number of rotatable bonds is 5. The number of nitrogens with two attached hydrogens (primary N) is 1. The Bertz CT molecular complexity index is 712. The Morgan fingerprint density at radius 3 is 2.38 bits per heavy atom. The van der Waals surface area contributed by atoms with E-state index < -0.39 is 10.0 Å². The first-order chi connectivity index (χ1) is 9.94. The van der Waals surface area contributed by atoms with Crippen LogP contribution in [0.1, 0.15) is 30.5 Å². The molecule has 3 N–H and O–H groups in total. The zero-order chi connectivity index (χ0) is 15.5. The van der Waals surface area contributed by atoms with Gasteiger partial charge in [0.2, 0.25) is 10.0 Å². The average molecular weight is 304 g/mol. The summed E-state index contributed by atoms with van der Waals surface area (Å²) in [5, 5.41) is 0. The molecule has 0 radical (unpaired) electrons. The van der Waals surface area contributed by atoms with Gasteiger partial charge in [-0.1, -0.05) is 37.3 Å². The van der Waals surface area contributed by atoms with Gasteiger partial charge in [0, 0.05) is 11.7 Å². The van der Waals surface area contributed by atoms with Crippen molar-refractivity contribution in [1.29, 1.82) is 0 Å². The van der Waals surface area contributed by atoms with Gasteiger partial charge in [0.25, 0.3) is 0 Å². The molecule has 0 heterocycles. The van der Waals surface area contributed by atoms with Crippen molar-refractivity contribution in [2.75, 3.05) is 5.73 Å². The molecule has 0 aliphatic rings. The number of anilines is 1. The van der Waals surface area contributed by atoms with Gasteiger partial charge in [-0.25, -0.2) is 13.1 Å². The maximum atomic E-state index is 12.5. The maximum absolute atomic E-state index is 12.5. The van der Waals surface area contributed by atoms with Crippen LogP contribution in [0.2, 0.25) is 0 Å². The van der Waals surface area contributed by atoms with Gasteiger partial charge in [-0.3, -0.25) is 0 Å². The number of hydrogen-bond acceptors (Lipinski definition) is 3. The van der Waals surface area contributed by atoms with Crippen LogP contribution < -0.4 is 10.5 Å². The van der Waals surface area contributed by atoms with Crippen LogP contribution in [0.5, 0.6) is 0 Å². The lowest BCUT2D eigenvalue weighted by atomic mass is 10.1. The van der Waals surface area contributed by atoms with Crippen LogP contribution in [0.3, 0.4) is 0 Å². The fourth-order valence-electron chi connectivity index (χ4n) is 2.14. The normalized spacial score (nSPS) is 13.0. The molecule has 2 rings (SSSR count). The van der Waals surface area contributed by atoms with Gasteiger partial charge in [0.15, 0.2) is 0 Å². The molecule has 21 heavy (non-hydrogen) atoms. The predicted molar refractivity (Wildman–Crippen MR) is 85.4 cm³/mol. The van der Waals surface area contributed by atoms with E-state index in [1.165, 1.54) is 6.07 Å². The first-order valence-electron chi connectivity index (χ1n) is 6.87. The maximum Gasteiger partial charge on any atom is 0.241 e. The van der Waals surface area contributed by atoms with Gasteiger partial charge in [-0.15, -0.1) is 0 Å². The molecule has 112 valence electrons. The minimum absolute atomic E-state index is 0.239. The van der Waals surface area contributed by atoms with E-state index in [2.05, 4.69) is 4.72 Å². The monoisotopic (exact) mass is 304 g/mol. The van der Waals surface area contributed by atoms with Gasteiger partial charge >= 0.3 is 0 Å². The third kappa shape index (κ3) is 3.62. The Balaban J connectivity index is 2.29. The van der Waals surface area contributed by atoms with Gasteiger partial charge in [-0.2, -0.15) is 0 Å². The lowest BCUT2D eigenvalue weighted by molar-refractivity contribution is 0.550. The molecule has 0 saturated carbocycles. The molecule has 0 aromatic heterocycles. The summed E-state index contributed by atoms with van der Waals surface area (Å²) in [5.41, 5.74) is 8.03. The first kappa shape index (κ1) is 15.5. The van der Waals surface area contributed by atoms with Crippen molar-refractivity contribution in [2.24, 2.45) is 0 Å². The van der Waals surface area contributed by atoms with Crippen molar-refractivity contribution >= 4 is 15.7 Å². The van der Waals surface area contributed by atoms with E-state index in [1.807, 2.05) is 37.3 Å². The fraction of sp³-hybridized carbons (Fsp3) is 0.250. The zero-order valence-electron chi connectivity index (χ0n) is 12.2. The first-order valence-corrected chi connectivity index (χ1v) is 8.35. The minimum atomic E-state index is -3.56. The lowest BCUT2D eigenvalue weighted by Gasteiger charge is -2.18. The van der Waals surface area contributed by atoms with Crippen LogP contribution in [0, 0.1) is 6.92 Å². The summed E-state index contributed by atoms with van der Waals surface area (Å²) in [6.07, 6.45) is 0.678. The molecule has 1 unspecified atom stereocenters. The van der Waals surface area contributed by atoms with Crippen molar-refractivity contribution in [3.8, 4) is 0 Å². The number of benzene rings is 2. The quantitative estimate of drug-likeness (QED) is 0.834. The summed E-state index contributed by atoms with van der Waals surface area (Å²) in [6, 6.07) is 14.1. The smallest absolute Gasteiger partial charge is 0.241 e. The van der Waals surface area contributed by atoms with E-state index in [1.54, 1.807) is 19.1 Å². The van der Waals surface area contributed by atoms with E-state index in [0.29, 0.717) is 12.1 Å². The molecule has 0 fully saturated rings. The molecule has 2 aromatic rings. The molecule has 4 nitrogen and oxygen atoms in total. The van der Waals surface area contributed by atoms with Crippen molar-refractivity contribution in [2.45, 2.75) is 31.2 Å². The predicted octanol–water partition coefficient (Wildman–Crippen LogP) is 3.01. The Labute approximate surface area is 126 Å². The molecule has 0 saturated heterocycles. The van der Waals surface area contributed by atoms with Crippen LogP contribution in [0.4, 0.5) is 5.69 Å². The third-order valence-electron chi connectivity index (χ3n) is 3.46. The lowest BCUT2D eigenvalue weighted by Crippen LogP contribution is -2.28. The van der Waals surface area contributed by atoms with Gasteiger partial charge < -0.3 is 5.73 Å². The van der Waals surface area contributed by atoms with Crippen molar-refractivity contribution < 1.29 is 8.42 Å². The van der Waals surface area contributed by atoms with Crippen LogP contribution >= 0.6 is 0 Å². The molecule has 0 spiro atoms. The molecular formula is C16H20N2O2S. The highest BCUT2D eigenvalue weighted by Gasteiger charge is 2.20. The Morgan fingerprint density at radius 1 is 1.14 bits per heavy atom. The molecule has 0 bridgehead atoms. The van der Waals surface area contributed by atoms with Gasteiger partial charge in [-0.05, 0) is 42.7 Å². The zero-order valence-corrected chi connectivity index (χ0v) is 13.0.